The van der Waals surface area contributed by atoms with E-state index in [1.54, 1.807) is 12.1 Å². The largest absolute Gasteiger partial charge is 0.325 e. The van der Waals surface area contributed by atoms with Gasteiger partial charge in [-0.25, -0.2) is 0 Å². The number of hydrogen-bond acceptors (Lipinski definition) is 2. The van der Waals surface area contributed by atoms with Crippen LogP contribution < -0.4 is 10.6 Å². The van der Waals surface area contributed by atoms with Crippen LogP contribution >= 0.6 is 27.5 Å². The molecular weight excluding hydrogens is 304 g/mol. The summed E-state index contributed by atoms with van der Waals surface area (Å²) in [6.07, 6.45) is 1.79. The fourth-order valence-corrected chi connectivity index (χ4v) is 2.43. The highest BCUT2D eigenvalue weighted by Gasteiger charge is 2.21. The first-order chi connectivity index (χ1) is 8.16. The molecule has 1 fully saturated rings. The summed E-state index contributed by atoms with van der Waals surface area (Å²) in [6, 6.07) is 5.37. The van der Waals surface area contributed by atoms with Crippen LogP contribution in [0, 0.1) is 5.92 Å². The molecule has 0 saturated carbocycles. The Hall–Kier alpha value is -0.580. The fourth-order valence-electron chi connectivity index (χ4n) is 1.91. The quantitative estimate of drug-likeness (QED) is 0.880. The van der Waals surface area contributed by atoms with Gasteiger partial charge >= 0.3 is 0 Å². The van der Waals surface area contributed by atoms with E-state index in [4.69, 9.17) is 11.6 Å². The first kappa shape index (κ1) is 12.9. The molecule has 0 unspecified atom stereocenters. The van der Waals surface area contributed by atoms with E-state index >= 15 is 0 Å². The summed E-state index contributed by atoms with van der Waals surface area (Å²) in [6.45, 7) is 1.82. The average molecular weight is 318 g/mol. The molecule has 0 bridgehead atoms. The molecule has 17 heavy (non-hydrogen) atoms. The minimum atomic E-state index is 0.0782. The predicted molar refractivity (Wildman–Crippen MR) is 73.4 cm³/mol. The normalized spacial score (nSPS) is 16.8. The van der Waals surface area contributed by atoms with Crippen LogP contribution in [-0.4, -0.2) is 19.0 Å². The van der Waals surface area contributed by atoms with Gasteiger partial charge in [0.2, 0.25) is 5.91 Å². The van der Waals surface area contributed by atoms with E-state index in [0.29, 0.717) is 5.02 Å². The maximum absolute atomic E-state index is 12.0. The van der Waals surface area contributed by atoms with Gasteiger partial charge in [0.1, 0.15) is 0 Å². The molecule has 1 heterocycles. The second-order valence-electron chi connectivity index (χ2n) is 4.14. The molecule has 0 aromatic heterocycles. The third-order valence-corrected chi connectivity index (χ3v) is 3.82. The number of amides is 1. The number of benzene rings is 1. The minimum Gasteiger partial charge on any atom is -0.325 e. The van der Waals surface area contributed by atoms with E-state index < -0.39 is 0 Å². The van der Waals surface area contributed by atoms with Gasteiger partial charge in [0.05, 0.1) is 5.69 Å². The Kier molecular flexibility index (Phi) is 4.42. The van der Waals surface area contributed by atoms with Gasteiger partial charge in [0.15, 0.2) is 0 Å². The van der Waals surface area contributed by atoms with Crippen molar-refractivity contribution < 1.29 is 4.79 Å². The molecule has 1 amide bonds. The van der Waals surface area contributed by atoms with Gasteiger partial charge in [-0.05, 0) is 60.1 Å². The van der Waals surface area contributed by atoms with Crippen molar-refractivity contribution in [3.05, 3.63) is 27.7 Å². The van der Waals surface area contributed by atoms with Crippen LogP contribution in [0.4, 0.5) is 5.69 Å². The first-order valence-electron chi connectivity index (χ1n) is 5.63. The molecule has 0 atom stereocenters. The Bertz CT molecular complexity index is 419. The van der Waals surface area contributed by atoms with Crippen LogP contribution in [0.5, 0.6) is 0 Å². The molecule has 1 saturated heterocycles. The topological polar surface area (TPSA) is 41.1 Å². The third-order valence-electron chi connectivity index (χ3n) is 2.90. The molecule has 3 nitrogen and oxygen atoms in total. The molecule has 1 aliphatic heterocycles. The molecule has 1 aromatic rings. The highest BCUT2D eigenvalue weighted by Crippen LogP contribution is 2.27. The number of rotatable bonds is 2. The summed E-state index contributed by atoms with van der Waals surface area (Å²) in [7, 11) is 0. The van der Waals surface area contributed by atoms with Crippen molar-refractivity contribution in [3.8, 4) is 0 Å². The molecule has 0 spiro atoms. The Morgan fingerprint density at radius 1 is 1.41 bits per heavy atom. The number of halogens is 2. The second-order valence-corrected chi connectivity index (χ2v) is 5.43. The Labute approximate surface area is 114 Å². The Balaban J connectivity index is 2.04. The number of carbonyl (C=O) groups is 1. The van der Waals surface area contributed by atoms with Crippen molar-refractivity contribution in [2.75, 3.05) is 18.4 Å². The lowest BCUT2D eigenvalue weighted by molar-refractivity contribution is -0.120. The summed E-state index contributed by atoms with van der Waals surface area (Å²) in [5, 5.41) is 6.79. The Morgan fingerprint density at radius 3 is 2.82 bits per heavy atom. The summed E-state index contributed by atoms with van der Waals surface area (Å²) in [5.74, 6) is 0.177. The maximum atomic E-state index is 12.0. The van der Waals surface area contributed by atoms with E-state index in [9.17, 15) is 4.79 Å². The van der Waals surface area contributed by atoms with E-state index in [1.807, 2.05) is 6.07 Å². The van der Waals surface area contributed by atoms with Crippen molar-refractivity contribution in [1.82, 2.24) is 5.32 Å². The smallest absolute Gasteiger partial charge is 0.227 e. The summed E-state index contributed by atoms with van der Waals surface area (Å²) in [5.41, 5.74) is 0.737. The zero-order chi connectivity index (χ0) is 12.3. The van der Waals surface area contributed by atoms with Gasteiger partial charge < -0.3 is 10.6 Å². The first-order valence-corrected chi connectivity index (χ1v) is 6.80. The van der Waals surface area contributed by atoms with E-state index in [-0.39, 0.29) is 11.8 Å². The molecule has 2 rings (SSSR count). The van der Waals surface area contributed by atoms with Crippen LogP contribution in [0.1, 0.15) is 12.8 Å². The molecule has 1 aliphatic rings. The zero-order valence-electron chi connectivity index (χ0n) is 9.30. The van der Waals surface area contributed by atoms with Crippen molar-refractivity contribution in [2.45, 2.75) is 12.8 Å². The van der Waals surface area contributed by atoms with Gasteiger partial charge in [-0.3, -0.25) is 4.79 Å². The molecule has 0 aliphatic carbocycles. The van der Waals surface area contributed by atoms with Crippen LogP contribution in [-0.2, 0) is 4.79 Å². The van der Waals surface area contributed by atoms with E-state index in [2.05, 4.69) is 26.6 Å². The molecular formula is C12H14BrClN2O. The van der Waals surface area contributed by atoms with Crippen molar-refractivity contribution in [1.29, 1.82) is 0 Å². The maximum Gasteiger partial charge on any atom is 0.227 e. The lowest BCUT2D eigenvalue weighted by Crippen LogP contribution is -2.34. The summed E-state index contributed by atoms with van der Waals surface area (Å²) >= 11 is 9.30. The summed E-state index contributed by atoms with van der Waals surface area (Å²) < 4.78 is 0.851. The van der Waals surface area contributed by atoms with Crippen LogP contribution in [0.3, 0.4) is 0 Å². The van der Waals surface area contributed by atoms with Crippen LogP contribution in [0.25, 0.3) is 0 Å². The number of anilines is 1. The van der Waals surface area contributed by atoms with Crippen molar-refractivity contribution in [3.63, 3.8) is 0 Å². The van der Waals surface area contributed by atoms with Crippen LogP contribution in [0.15, 0.2) is 22.7 Å². The Morgan fingerprint density at radius 2 is 2.12 bits per heavy atom. The molecule has 92 valence electrons. The fraction of sp³-hybridized carbons (Fsp3) is 0.417. The van der Waals surface area contributed by atoms with Crippen molar-refractivity contribution in [2.24, 2.45) is 5.92 Å². The molecule has 5 heteroatoms. The number of carbonyl (C=O) groups excluding carboxylic acids is 1. The minimum absolute atomic E-state index is 0.0782. The lowest BCUT2D eigenvalue weighted by Gasteiger charge is -2.22. The second kappa shape index (κ2) is 5.85. The SMILES string of the molecule is O=C(Nc1cc(Cl)ccc1Br)C1CCNCC1. The van der Waals surface area contributed by atoms with Crippen molar-refractivity contribution >= 4 is 39.1 Å². The van der Waals surface area contributed by atoms with E-state index in [0.717, 1.165) is 36.1 Å². The monoisotopic (exact) mass is 316 g/mol. The highest BCUT2D eigenvalue weighted by atomic mass is 79.9. The summed E-state index contributed by atoms with van der Waals surface area (Å²) in [4.78, 5) is 12.0. The highest BCUT2D eigenvalue weighted by molar-refractivity contribution is 9.10. The lowest BCUT2D eigenvalue weighted by atomic mass is 9.97. The standard InChI is InChI=1S/C12H14BrClN2O/c13-10-2-1-9(14)7-11(10)16-12(17)8-3-5-15-6-4-8/h1-2,7-8,15H,3-6H2,(H,16,17). The van der Waals surface area contributed by atoms with Gasteiger partial charge in [-0.1, -0.05) is 11.6 Å². The number of hydrogen-bond donors (Lipinski definition) is 2. The average Bonchev–Trinajstić information content (AvgIpc) is 2.35. The third kappa shape index (κ3) is 3.44. The molecule has 1 aromatic carbocycles. The van der Waals surface area contributed by atoms with Gasteiger partial charge in [0, 0.05) is 15.4 Å². The van der Waals surface area contributed by atoms with Crippen LogP contribution in [0.2, 0.25) is 5.02 Å². The van der Waals surface area contributed by atoms with E-state index in [1.165, 1.54) is 0 Å². The van der Waals surface area contributed by atoms with Gasteiger partial charge in [-0.15, -0.1) is 0 Å². The molecule has 0 radical (unpaired) electrons. The number of piperidine rings is 1. The molecule has 2 N–H and O–H groups in total. The van der Waals surface area contributed by atoms with Gasteiger partial charge in [0.25, 0.3) is 0 Å². The number of nitrogens with one attached hydrogen (secondary N) is 2. The zero-order valence-corrected chi connectivity index (χ0v) is 11.6. The van der Waals surface area contributed by atoms with Gasteiger partial charge in [-0.2, -0.15) is 0 Å². The predicted octanol–water partition coefficient (Wildman–Crippen LogP) is 3.04.